The van der Waals surface area contributed by atoms with Gasteiger partial charge in [-0.15, -0.1) is 0 Å². The lowest BCUT2D eigenvalue weighted by atomic mass is 10.1. The van der Waals surface area contributed by atoms with Crippen molar-refractivity contribution in [2.75, 3.05) is 40.5 Å². The van der Waals surface area contributed by atoms with Crippen LogP contribution in [0.3, 0.4) is 0 Å². The highest BCUT2D eigenvalue weighted by Gasteiger charge is 2.33. The molecule has 0 spiro atoms. The quantitative estimate of drug-likeness (QED) is 0.687. The van der Waals surface area contributed by atoms with Crippen molar-refractivity contribution in [3.8, 4) is 5.75 Å². The van der Waals surface area contributed by atoms with Crippen molar-refractivity contribution in [2.24, 2.45) is 0 Å². The number of pyridine rings is 1. The first-order valence-corrected chi connectivity index (χ1v) is 8.48. The summed E-state index contributed by atoms with van der Waals surface area (Å²) < 4.78 is 15.8. The summed E-state index contributed by atoms with van der Waals surface area (Å²) in [5.74, 6) is 0.709. The number of ether oxygens (including phenoxy) is 3. The normalized spacial score (nSPS) is 15.9. The molecule has 0 saturated carbocycles. The molecule has 0 unspecified atom stereocenters. The number of methoxy groups -OCH3 is 1. The predicted octanol–water partition coefficient (Wildman–Crippen LogP) is 1.94. The third-order valence-electron chi connectivity index (χ3n) is 3.95. The molecule has 1 saturated heterocycles. The van der Waals surface area contributed by atoms with Gasteiger partial charge in [-0.3, -0.25) is 4.98 Å². The van der Waals surface area contributed by atoms with Gasteiger partial charge in [0, 0.05) is 19.3 Å². The third kappa shape index (κ3) is 6.36. The van der Waals surface area contributed by atoms with Crippen molar-refractivity contribution in [3.63, 3.8) is 0 Å². The summed E-state index contributed by atoms with van der Waals surface area (Å²) in [4.78, 5) is 17.5. The van der Waals surface area contributed by atoms with Crippen LogP contribution in [0.4, 0.5) is 4.79 Å². The minimum atomic E-state index is -0.328. The molecule has 1 N–H and O–H groups in total. The van der Waals surface area contributed by atoms with Gasteiger partial charge in [-0.25, -0.2) is 4.79 Å². The summed E-state index contributed by atoms with van der Waals surface area (Å²) in [7, 11) is 3.52. The van der Waals surface area contributed by atoms with E-state index in [-0.39, 0.29) is 18.8 Å². The van der Waals surface area contributed by atoms with Gasteiger partial charge in [0.25, 0.3) is 0 Å². The maximum Gasteiger partial charge on any atom is 0.410 e. The standard InChI is InChI=1S/C18H27N3O4/c1-14(19-2)5-4-6-15-9-16(11-20-10-15)25-17-12-21(13-17)18(22)24-8-7-23-3/h4,6,9-11,14,17,19H,5,7-8,12-13H2,1-3H3/t14-/m0/s1. The van der Waals surface area contributed by atoms with Gasteiger partial charge in [0.15, 0.2) is 0 Å². The van der Waals surface area contributed by atoms with Crippen LogP contribution in [0.25, 0.3) is 6.08 Å². The Labute approximate surface area is 149 Å². The van der Waals surface area contributed by atoms with Crippen molar-refractivity contribution in [1.29, 1.82) is 0 Å². The highest BCUT2D eigenvalue weighted by molar-refractivity contribution is 5.68. The highest BCUT2D eigenvalue weighted by atomic mass is 16.6. The summed E-state index contributed by atoms with van der Waals surface area (Å²) in [6, 6.07) is 2.39. The van der Waals surface area contributed by atoms with Crippen molar-refractivity contribution in [2.45, 2.75) is 25.5 Å². The molecule has 1 aromatic heterocycles. The van der Waals surface area contributed by atoms with Crippen LogP contribution in [0.2, 0.25) is 0 Å². The lowest BCUT2D eigenvalue weighted by Gasteiger charge is -2.37. The second-order valence-corrected chi connectivity index (χ2v) is 6.03. The minimum Gasteiger partial charge on any atom is -0.485 e. The van der Waals surface area contributed by atoms with Gasteiger partial charge in [0.1, 0.15) is 18.5 Å². The lowest BCUT2D eigenvalue weighted by molar-refractivity contribution is 0.00436. The number of carbonyl (C=O) groups excluding carboxylic acids is 1. The molecule has 1 aromatic rings. The fourth-order valence-electron chi connectivity index (χ4n) is 2.28. The summed E-state index contributed by atoms with van der Waals surface area (Å²) in [6.07, 6.45) is 8.23. The molecule has 1 atom stereocenters. The molecule has 25 heavy (non-hydrogen) atoms. The smallest absolute Gasteiger partial charge is 0.410 e. The van der Waals surface area contributed by atoms with Crippen LogP contribution in [-0.2, 0) is 9.47 Å². The number of nitrogens with one attached hydrogen (secondary N) is 1. The van der Waals surface area contributed by atoms with E-state index in [2.05, 4.69) is 23.3 Å². The van der Waals surface area contributed by atoms with Gasteiger partial charge >= 0.3 is 6.09 Å². The summed E-state index contributed by atoms with van der Waals surface area (Å²) >= 11 is 0. The Balaban J connectivity index is 1.75. The molecule has 0 aromatic carbocycles. The first-order chi connectivity index (χ1) is 12.1. The summed E-state index contributed by atoms with van der Waals surface area (Å²) in [6.45, 7) is 3.84. The molecule has 1 aliphatic rings. The molecule has 1 aliphatic heterocycles. The zero-order chi connectivity index (χ0) is 18.1. The van der Waals surface area contributed by atoms with Crippen LogP contribution in [0.15, 0.2) is 24.5 Å². The van der Waals surface area contributed by atoms with Gasteiger partial charge in [0.2, 0.25) is 0 Å². The number of nitrogens with zero attached hydrogens (tertiary/aromatic N) is 2. The number of amides is 1. The second-order valence-electron chi connectivity index (χ2n) is 6.03. The van der Waals surface area contributed by atoms with E-state index < -0.39 is 0 Å². The van der Waals surface area contributed by atoms with Crippen molar-refractivity contribution < 1.29 is 19.0 Å². The Morgan fingerprint density at radius 2 is 2.24 bits per heavy atom. The number of rotatable bonds is 9. The second kappa shape index (κ2) is 10.0. The topological polar surface area (TPSA) is 72.9 Å². The van der Waals surface area contributed by atoms with E-state index in [9.17, 15) is 4.79 Å². The molecule has 2 heterocycles. The van der Waals surface area contributed by atoms with E-state index in [1.54, 1.807) is 24.4 Å². The minimum absolute atomic E-state index is 0.0275. The van der Waals surface area contributed by atoms with Gasteiger partial charge in [-0.2, -0.15) is 0 Å². The molecular formula is C18H27N3O4. The maximum absolute atomic E-state index is 11.7. The maximum atomic E-state index is 11.7. The summed E-state index contributed by atoms with van der Waals surface area (Å²) in [5, 5.41) is 3.19. The Morgan fingerprint density at radius 3 is 2.96 bits per heavy atom. The van der Waals surface area contributed by atoms with Crippen LogP contribution in [0.1, 0.15) is 18.9 Å². The van der Waals surface area contributed by atoms with E-state index in [1.165, 1.54) is 0 Å². The molecule has 1 amide bonds. The molecule has 0 radical (unpaired) electrons. The highest BCUT2D eigenvalue weighted by Crippen LogP contribution is 2.19. The molecule has 2 rings (SSSR count). The zero-order valence-electron chi connectivity index (χ0n) is 15.1. The average Bonchev–Trinajstić information content (AvgIpc) is 2.58. The van der Waals surface area contributed by atoms with Gasteiger partial charge in [0.05, 0.1) is 25.9 Å². The van der Waals surface area contributed by atoms with Crippen LogP contribution >= 0.6 is 0 Å². The molecular weight excluding hydrogens is 322 g/mol. The monoisotopic (exact) mass is 349 g/mol. The van der Waals surface area contributed by atoms with E-state index in [0.717, 1.165) is 12.0 Å². The van der Waals surface area contributed by atoms with Crippen LogP contribution in [-0.4, -0.2) is 68.6 Å². The van der Waals surface area contributed by atoms with Crippen molar-refractivity contribution in [3.05, 3.63) is 30.1 Å². The number of aromatic nitrogens is 1. The van der Waals surface area contributed by atoms with Gasteiger partial charge < -0.3 is 24.4 Å². The van der Waals surface area contributed by atoms with Crippen LogP contribution in [0, 0.1) is 0 Å². The van der Waals surface area contributed by atoms with Gasteiger partial charge in [-0.05, 0) is 32.0 Å². The Bertz CT molecular complexity index is 573. The Kier molecular flexibility index (Phi) is 7.69. The van der Waals surface area contributed by atoms with E-state index in [0.29, 0.717) is 31.5 Å². The van der Waals surface area contributed by atoms with Crippen LogP contribution in [0.5, 0.6) is 5.75 Å². The molecule has 1 fully saturated rings. The van der Waals surface area contributed by atoms with Crippen molar-refractivity contribution >= 4 is 12.2 Å². The molecule has 138 valence electrons. The van der Waals surface area contributed by atoms with E-state index in [4.69, 9.17) is 14.2 Å². The largest absolute Gasteiger partial charge is 0.485 e. The fraction of sp³-hybridized carbons (Fsp3) is 0.556. The van der Waals surface area contributed by atoms with E-state index >= 15 is 0 Å². The van der Waals surface area contributed by atoms with Crippen molar-refractivity contribution in [1.82, 2.24) is 15.2 Å². The van der Waals surface area contributed by atoms with E-state index in [1.807, 2.05) is 19.2 Å². The SMILES string of the molecule is CN[C@@H](C)CC=Cc1cncc(OC2CN(C(=O)OCCOC)C2)c1. The van der Waals surface area contributed by atoms with Crippen LogP contribution < -0.4 is 10.1 Å². The Hall–Kier alpha value is -2.12. The predicted molar refractivity (Wildman–Crippen MR) is 95.6 cm³/mol. The number of carbonyl (C=O) groups is 1. The lowest BCUT2D eigenvalue weighted by Crippen LogP contribution is -2.56. The van der Waals surface area contributed by atoms with Gasteiger partial charge in [-0.1, -0.05) is 12.2 Å². The first kappa shape index (κ1) is 19.2. The zero-order valence-corrected chi connectivity index (χ0v) is 15.1. The molecule has 7 heteroatoms. The molecule has 0 bridgehead atoms. The number of hydrogen-bond donors (Lipinski definition) is 1. The first-order valence-electron chi connectivity index (χ1n) is 8.48. The summed E-state index contributed by atoms with van der Waals surface area (Å²) in [5.41, 5.74) is 0.996. The number of hydrogen-bond acceptors (Lipinski definition) is 6. The number of likely N-dealkylation sites (tertiary alicyclic amines) is 1. The molecule has 0 aliphatic carbocycles. The Morgan fingerprint density at radius 1 is 1.44 bits per heavy atom. The fourth-order valence-corrected chi connectivity index (χ4v) is 2.28. The average molecular weight is 349 g/mol. The third-order valence-corrected chi connectivity index (χ3v) is 3.95. The molecule has 7 nitrogen and oxygen atoms in total.